The summed E-state index contributed by atoms with van der Waals surface area (Å²) < 4.78 is 6.05. The molecule has 2 aliphatic rings. The maximum Gasteiger partial charge on any atom is 0.222 e. The number of nitrogens with one attached hydrogen (secondary N) is 1. The Kier molecular flexibility index (Phi) is 8.49. The van der Waals surface area contributed by atoms with Crippen LogP contribution in [0.3, 0.4) is 0 Å². The van der Waals surface area contributed by atoms with Gasteiger partial charge in [-0.2, -0.15) is 5.26 Å². The zero-order valence-electron chi connectivity index (χ0n) is 22.9. The minimum atomic E-state index is -0.0174. The van der Waals surface area contributed by atoms with Crippen molar-refractivity contribution in [2.75, 3.05) is 13.1 Å². The Morgan fingerprint density at radius 3 is 2.39 bits per heavy atom. The number of ether oxygens (including phenoxy) is 1. The van der Waals surface area contributed by atoms with Crippen molar-refractivity contribution in [3.63, 3.8) is 0 Å². The third kappa shape index (κ3) is 6.95. The van der Waals surface area contributed by atoms with Crippen LogP contribution in [0, 0.1) is 17.2 Å². The second kappa shape index (κ2) is 11.5. The summed E-state index contributed by atoms with van der Waals surface area (Å²) in [4.78, 5) is 27.5. The number of benzene rings is 2. The lowest BCUT2D eigenvalue weighted by atomic mass is 9.74. The highest BCUT2D eigenvalue weighted by atomic mass is 35.5. The fourth-order valence-corrected chi connectivity index (χ4v) is 6.52. The molecule has 0 aromatic heterocycles. The molecular formula is C31H38ClN3O3. The van der Waals surface area contributed by atoms with Crippen molar-refractivity contribution in [3.8, 4) is 17.6 Å². The Morgan fingerprint density at radius 2 is 1.76 bits per heavy atom. The molecule has 0 bridgehead atoms. The highest BCUT2D eigenvalue weighted by molar-refractivity contribution is 6.32. The van der Waals surface area contributed by atoms with Gasteiger partial charge in [0.1, 0.15) is 17.6 Å². The van der Waals surface area contributed by atoms with E-state index in [0.29, 0.717) is 52.8 Å². The van der Waals surface area contributed by atoms with Crippen molar-refractivity contribution in [1.29, 1.82) is 5.26 Å². The summed E-state index contributed by atoms with van der Waals surface area (Å²) in [7, 11) is 0. The molecular weight excluding hydrogens is 498 g/mol. The SMILES string of the molecule is CC1(C)CC(CC(=O)c2ccc(Oc3cccc(CCC(=O)N4CCCC4)c3C#N)c(Cl)c2)CC(C)(C)N1. The van der Waals surface area contributed by atoms with Gasteiger partial charge in [0.15, 0.2) is 5.78 Å². The maximum atomic E-state index is 13.1. The van der Waals surface area contributed by atoms with Gasteiger partial charge in [-0.15, -0.1) is 0 Å². The zero-order valence-corrected chi connectivity index (χ0v) is 23.7. The van der Waals surface area contributed by atoms with E-state index in [2.05, 4.69) is 39.1 Å². The van der Waals surface area contributed by atoms with Crippen molar-refractivity contribution in [2.45, 2.75) is 83.7 Å². The number of hydrogen-bond donors (Lipinski definition) is 1. The van der Waals surface area contributed by atoms with E-state index < -0.39 is 0 Å². The minimum Gasteiger partial charge on any atom is -0.454 e. The second-order valence-electron chi connectivity index (χ2n) is 12.0. The first kappa shape index (κ1) is 28.1. The standard InChI is InChI=1S/C31H38ClN3O3/c1-30(2)18-21(19-31(3,4)34-30)16-26(36)23-10-12-28(25(32)17-23)38-27-9-7-8-22(24(27)20-33)11-13-29(37)35-14-5-6-15-35/h7-10,12,17,21,34H,5-6,11,13-16,18-19H2,1-4H3. The molecule has 0 aliphatic carbocycles. The Balaban J connectivity index is 1.43. The molecule has 2 aliphatic heterocycles. The first-order chi connectivity index (χ1) is 18.0. The van der Waals surface area contributed by atoms with Crippen LogP contribution in [0.15, 0.2) is 36.4 Å². The molecule has 2 aromatic carbocycles. The number of aryl methyl sites for hydroxylation is 1. The van der Waals surface area contributed by atoms with Gasteiger partial charge in [-0.3, -0.25) is 9.59 Å². The Morgan fingerprint density at radius 1 is 1.08 bits per heavy atom. The van der Waals surface area contributed by atoms with Crippen LogP contribution in [-0.2, 0) is 11.2 Å². The van der Waals surface area contributed by atoms with Crippen LogP contribution in [0.1, 0.15) is 87.7 Å². The van der Waals surface area contributed by atoms with Crippen LogP contribution in [0.2, 0.25) is 5.02 Å². The normalized spacial score (nSPS) is 18.7. The summed E-state index contributed by atoms with van der Waals surface area (Å²) in [5.41, 5.74) is 1.70. The molecule has 0 saturated carbocycles. The van der Waals surface area contributed by atoms with Gasteiger partial charge in [-0.25, -0.2) is 0 Å². The predicted octanol–water partition coefficient (Wildman–Crippen LogP) is 6.69. The number of carbonyl (C=O) groups excluding carboxylic acids is 2. The number of hydrogen-bond acceptors (Lipinski definition) is 5. The van der Waals surface area contributed by atoms with Crippen LogP contribution < -0.4 is 10.1 Å². The van der Waals surface area contributed by atoms with Gasteiger partial charge in [-0.05, 0) is 95.5 Å². The summed E-state index contributed by atoms with van der Waals surface area (Å²) in [6.45, 7) is 10.4. The van der Waals surface area contributed by atoms with Gasteiger partial charge in [0.05, 0.1) is 10.6 Å². The predicted molar refractivity (Wildman–Crippen MR) is 150 cm³/mol. The largest absolute Gasteiger partial charge is 0.454 e. The Labute approximate surface area is 231 Å². The molecule has 38 heavy (non-hydrogen) atoms. The number of carbonyl (C=O) groups is 2. The van der Waals surface area contributed by atoms with Gasteiger partial charge >= 0.3 is 0 Å². The number of Topliss-reactive ketones (excluding diaryl/α,β-unsaturated/α-hetero) is 1. The fraction of sp³-hybridized carbons (Fsp3) is 0.516. The van der Waals surface area contributed by atoms with Crippen molar-refractivity contribution in [1.82, 2.24) is 10.2 Å². The van der Waals surface area contributed by atoms with E-state index in [9.17, 15) is 14.9 Å². The molecule has 0 radical (unpaired) electrons. The average molecular weight is 536 g/mol. The van der Waals surface area contributed by atoms with Gasteiger partial charge in [0.2, 0.25) is 5.91 Å². The summed E-state index contributed by atoms with van der Waals surface area (Å²) in [6.07, 6.45) is 5.29. The number of rotatable bonds is 8. The summed E-state index contributed by atoms with van der Waals surface area (Å²) in [5.74, 6) is 1.26. The number of amides is 1. The molecule has 0 unspecified atom stereocenters. The van der Waals surface area contributed by atoms with Crippen molar-refractivity contribution < 1.29 is 14.3 Å². The lowest BCUT2D eigenvalue weighted by molar-refractivity contribution is -0.130. The molecule has 2 aromatic rings. The van der Waals surface area contributed by atoms with E-state index in [0.717, 1.165) is 44.3 Å². The quantitative estimate of drug-likeness (QED) is 0.381. The van der Waals surface area contributed by atoms with Crippen LogP contribution in [-0.4, -0.2) is 40.8 Å². The van der Waals surface area contributed by atoms with Crippen LogP contribution in [0.4, 0.5) is 0 Å². The summed E-state index contributed by atoms with van der Waals surface area (Å²) >= 11 is 6.55. The first-order valence-electron chi connectivity index (χ1n) is 13.6. The van der Waals surface area contributed by atoms with Crippen LogP contribution >= 0.6 is 11.6 Å². The van der Waals surface area contributed by atoms with Gasteiger partial charge < -0.3 is 15.0 Å². The number of ketones is 1. The molecule has 0 spiro atoms. The van der Waals surface area contributed by atoms with Crippen LogP contribution in [0.25, 0.3) is 0 Å². The Hall–Kier alpha value is -2.88. The van der Waals surface area contributed by atoms with E-state index in [1.165, 1.54) is 0 Å². The number of nitriles is 1. The molecule has 202 valence electrons. The third-order valence-corrected chi connectivity index (χ3v) is 7.81. The average Bonchev–Trinajstić information content (AvgIpc) is 3.37. The van der Waals surface area contributed by atoms with Crippen molar-refractivity contribution >= 4 is 23.3 Å². The molecule has 6 nitrogen and oxygen atoms in total. The highest BCUT2D eigenvalue weighted by Gasteiger charge is 2.38. The fourth-order valence-electron chi connectivity index (χ4n) is 6.30. The van der Waals surface area contributed by atoms with E-state index in [-0.39, 0.29) is 22.8 Å². The minimum absolute atomic E-state index is 0.0174. The lowest BCUT2D eigenvalue weighted by Crippen LogP contribution is -2.57. The topological polar surface area (TPSA) is 82.4 Å². The van der Waals surface area contributed by atoms with E-state index in [4.69, 9.17) is 16.3 Å². The maximum absolute atomic E-state index is 13.1. The zero-order chi connectivity index (χ0) is 27.5. The summed E-state index contributed by atoms with van der Waals surface area (Å²) in [5, 5.41) is 13.8. The first-order valence-corrected chi connectivity index (χ1v) is 13.9. The molecule has 1 amide bonds. The van der Waals surface area contributed by atoms with Gasteiger partial charge in [-0.1, -0.05) is 23.7 Å². The molecule has 1 N–H and O–H groups in total. The molecule has 0 atom stereocenters. The lowest BCUT2D eigenvalue weighted by Gasteiger charge is -2.46. The Bertz CT molecular complexity index is 1230. The number of likely N-dealkylation sites (tertiary alicyclic amines) is 1. The molecule has 4 rings (SSSR count). The highest BCUT2D eigenvalue weighted by Crippen LogP contribution is 2.37. The number of halogens is 1. The van der Waals surface area contributed by atoms with Crippen molar-refractivity contribution in [3.05, 3.63) is 58.1 Å². The summed E-state index contributed by atoms with van der Waals surface area (Å²) in [6, 6.07) is 12.7. The van der Waals surface area contributed by atoms with Crippen LogP contribution in [0.5, 0.6) is 11.5 Å². The smallest absolute Gasteiger partial charge is 0.222 e. The molecule has 7 heteroatoms. The molecule has 2 heterocycles. The van der Waals surface area contributed by atoms with Gasteiger partial charge in [0.25, 0.3) is 0 Å². The van der Waals surface area contributed by atoms with E-state index >= 15 is 0 Å². The number of piperidine rings is 1. The van der Waals surface area contributed by atoms with E-state index in [1.807, 2.05) is 17.0 Å². The van der Waals surface area contributed by atoms with E-state index in [1.54, 1.807) is 24.3 Å². The third-order valence-electron chi connectivity index (χ3n) is 7.51. The molecule has 2 saturated heterocycles. The molecule has 2 fully saturated rings. The second-order valence-corrected chi connectivity index (χ2v) is 12.4. The monoisotopic (exact) mass is 535 g/mol. The van der Waals surface area contributed by atoms with Crippen molar-refractivity contribution in [2.24, 2.45) is 5.92 Å². The number of nitrogens with zero attached hydrogens (tertiary/aromatic N) is 2. The van der Waals surface area contributed by atoms with Gasteiger partial charge in [0, 0.05) is 42.6 Å².